The van der Waals surface area contributed by atoms with Gasteiger partial charge in [-0.1, -0.05) is 12.8 Å². The fraction of sp³-hybridized carbons (Fsp3) is 0.500. The average molecular weight is 268 g/mol. The van der Waals surface area contributed by atoms with Crippen molar-refractivity contribution in [1.82, 2.24) is 5.32 Å². The highest BCUT2D eigenvalue weighted by atomic mass is 19.1. The van der Waals surface area contributed by atoms with Gasteiger partial charge in [0.15, 0.2) is 0 Å². The highest BCUT2D eigenvalue weighted by Crippen LogP contribution is 2.28. The van der Waals surface area contributed by atoms with E-state index in [1.54, 1.807) is 0 Å². The van der Waals surface area contributed by atoms with E-state index in [2.05, 4.69) is 5.32 Å². The summed E-state index contributed by atoms with van der Waals surface area (Å²) in [6.07, 6.45) is 3.97. The van der Waals surface area contributed by atoms with Crippen LogP contribution in [0.25, 0.3) is 0 Å². The van der Waals surface area contributed by atoms with Crippen molar-refractivity contribution in [3.63, 3.8) is 0 Å². The Bertz CT molecular complexity index is 486. The second-order valence-electron chi connectivity index (χ2n) is 5.24. The zero-order chi connectivity index (χ0) is 14.0. The molecule has 1 unspecified atom stereocenters. The molecule has 1 amide bonds. The third-order valence-electron chi connectivity index (χ3n) is 3.81. The predicted molar refractivity (Wildman–Crippen MR) is 68.3 cm³/mol. The van der Waals surface area contributed by atoms with Gasteiger partial charge >= 0.3 is 0 Å². The van der Waals surface area contributed by atoms with E-state index in [0.29, 0.717) is 0 Å². The number of amides is 1. The van der Waals surface area contributed by atoms with Crippen LogP contribution < -0.4 is 11.1 Å². The molecule has 1 fully saturated rings. The van der Waals surface area contributed by atoms with Crippen molar-refractivity contribution < 1.29 is 13.6 Å². The van der Waals surface area contributed by atoms with E-state index in [1.165, 1.54) is 6.92 Å². The van der Waals surface area contributed by atoms with Gasteiger partial charge in [-0.15, -0.1) is 0 Å². The third-order valence-corrected chi connectivity index (χ3v) is 3.81. The Morgan fingerprint density at radius 3 is 2.58 bits per heavy atom. The zero-order valence-corrected chi connectivity index (χ0v) is 10.9. The molecule has 0 heterocycles. The summed E-state index contributed by atoms with van der Waals surface area (Å²) in [6.45, 7) is 1.51. The van der Waals surface area contributed by atoms with Crippen molar-refractivity contribution in [3.05, 3.63) is 35.4 Å². The minimum atomic E-state index is -1.39. The monoisotopic (exact) mass is 268 g/mol. The maximum Gasteiger partial charge on any atom is 0.242 e. The molecule has 0 spiro atoms. The second-order valence-corrected chi connectivity index (χ2v) is 5.24. The van der Waals surface area contributed by atoms with Crippen LogP contribution in [-0.2, 0) is 10.3 Å². The van der Waals surface area contributed by atoms with E-state index >= 15 is 0 Å². The van der Waals surface area contributed by atoms with Gasteiger partial charge in [-0.25, -0.2) is 8.78 Å². The third kappa shape index (κ3) is 2.76. The lowest BCUT2D eigenvalue weighted by Crippen LogP contribution is -2.54. The van der Waals surface area contributed by atoms with Gasteiger partial charge in [0, 0.05) is 11.6 Å². The average Bonchev–Trinajstić information content (AvgIpc) is 2.84. The molecule has 1 aliphatic carbocycles. The summed E-state index contributed by atoms with van der Waals surface area (Å²) in [5.41, 5.74) is 3.99. The number of halogens is 2. The maximum atomic E-state index is 13.9. The highest BCUT2D eigenvalue weighted by molar-refractivity contribution is 5.85. The Hall–Kier alpha value is -1.49. The summed E-state index contributed by atoms with van der Waals surface area (Å²) < 4.78 is 27.2. The van der Waals surface area contributed by atoms with Crippen LogP contribution in [0.2, 0.25) is 0 Å². The number of nitrogens with one attached hydrogen (secondary N) is 1. The summed E-state index contributed by atoms with van der Waals surface area (Å²) in [7, 11) is 0. The van der Waals surface area contributed by atoms with Gasteiger partial charge in [-0.3, -0.25) is 10.1 Å². The first-order chi connectivity index (χ1) is 8.93. The Morgan fingerprint density at radius 1 is 1.37 bits per heavy atom. The van der Waals surface area contributed by atoms with Crippen LogP contribution in [0, 0.1) is 11.6 Å². The maximum absolute atomic E-state index is 13.9. The van der Waals surface area contributed by atoms with Gasteiger partial charge in [0.25, 0.3) is 0 Å². The molecule has 104 valence electrons. The molecule has 1 aromatic carbocycles. The number of hydrogen-bond acceptors (Lipinski definition) is 2. The van der Waals surface area contributed by atoms with Gasteiger partial charge in [-0.2, -0.15) is 0 Å². The van der Waals surface area contributed by atoms with Crippen LogP contribution in [0.15, 0.2) is 18.2 Å². The highest BCUT2D eigenvalue weighted by Gasteiger charge is 2.38. The van der Waals surface area contributed by atoms with Gasteiger partial charge in [-0.05, 0) is 38.0 Å². The summed E-state index contributed by atoms with van der Waals surface area (Å²) in [6, 6.07) is 3.18. The topological polar surface area (TPSA) is 55.1 Å². The van der Waals surface area contributed by atoms with E-state index in [9.17, 15) is 13.6 Å². The molecule has 1 atom stereocenters. The molecule has 0 saturated heterocycles. The smallest absolute Gasteiger partial charge is 0.242 e. The summed E-state index contributed by atoms with van der Waals surface area (Å²) in [4.78, 5) is 11.7. The Labute approximate surface area is 111 Å². The minimum Gasteiger partial charge on any atom is -0.368 e. The number of primary amides is 1. The van der Waals surface area contributed by atoms with Crippen LogP contribution >= 0.6 is 0 Å². The normalized spacial score (nSPS) is 19.3. The molecule has 1 aliphatic rings. The van der Waals surface area contributed by atoms with E-state index in [-0.39, 0.29) is 11.6 Å². The second kappa shape index (κ2) is 5.25. The Kier molecular flexibility index (Phi) is 3.85. The molecule has 1 aromatic rings. The number of carbonyl (C=O) groups excluding carboxylic acids is 1. The van der Waals surface area contributed by atoms with Gasteiger partial charge in [0.1, 0.15) is 17.2 Å². The number of hydrogen-bond donors (Lipinski definition) is 2. The first kappa shape index (κ1) is 13.9. The lowest BCUT2D eigenvalue weighted by Gasteiger charge is -2.31. The molecular weight excluding hydrogens is 250 g/mol. The summed E-state index contributed by atoms with van der Waals surface area (Å²) >= 11 is 0. The van der Waals surface area contributed by atoms with E-state index < -0.39 is 23.1 Å². The Balaban J connectivity index is 2.37. The number of rotatable bonds is 4. The largest absolute Gasteiger partial charge is 0.368 e. The van der Waals surface area contributed by atoms with Crippen LogP contribution in [0.4, 0.5) is 8.78 Å². The quantitative estimate of drug-likeness (QED) is 0.879. The van der Waals surface area contributed by atoms with Gasteiger partial charge in [0.05, 0.1) is 0 Å². The molecular formula is C14H18F2N2O. The van der Waals surface area contributed by atoms with Crippen LogP contribution in [0.3, 0.4) is 0 Å². The minimum absolute atomic E-state index is 0.0353. The number of nitrogens with two attached hydrogens (primary N) is 1. The van der Waals surface area contributed by atoms with E-state index in [1.807, 2.05) is 0 Å². The van der Waals surface area contributed by atoms with Gasteiger partial charge < -0.3 is 5.73 Å². The van der Waals surface area contributed by atoms with Crippen molar-refractivity contribution in [2.45, 2.75) is 44.2 Å². The SMILES string of the molecule is CC(NC1CCCC1)(C(N)=O)c1cc(F)ccc1F. The van der Waals surface area contributed by atoms with Gasteiger partial charge in [0.2, 0.25) is 5.91 Å². The van der Waals surface area contributed by atoms with E-state index in [0.717, 1.165) is 43.9 Å². The van der Waals surface area contributed by atoms with Crippen LogP contribution in [0.1, 0.15) is 38.2 Å². The van der Waals surface area contributed by atoms with Crippen molar-refractivity contribution in [3.8, 4) is 0 Å². The standard InChI is InChI=1S/C14H18F2N2O/c1-14(13(17)19,18-10-4-2-3-5-10)11-8-9(15)6-7-12(11)16/h6-8,10,18H,2-5H2,1H3,(H2,17,19). The lowest BCUT2D eigenvalue weighted by atomic mass is 9.89. The predicted octanol–water partition coefficient (Wildman–Crippen LogP) is 2.20. The summed E-state index contributed by atoms with van der Waals surface area (Å²) in [5.74, 6) is -1.92. The van der Waals surface area contributed by atoms with Crippen LogP contribution in [-0.4, -0.2) is 11.9 Å². The molecule has 0 aliphatic heterocycles. The number of benzene rings is 1. The summed E-state index contributed by atoms with van der Waals surface area (Å²) in [5, 5.41) is 3.09. The Morgan fingerprint density at radius 2 is 2.00 bits per heavy atom. The fourth-order valence-corrected chi connectivity index (χ4v) is 2.64. The molecule has 0 aromatic heterocycles. The first-order valence-corrected chi connectivity index (χ1v) is 6.46. The molecule has 19 heavy (non-hydrogen) atoms. The van der Waals surface area contributed by atoms with Crippen molar-refractivity contribution >= 4 is 5.91 Å². The van der Waals surface area contributed by atoms with Crippen molar-refractivity contribution in [1.29, 1.82) is 0 Å². The lowest BCUT2D eigenvalue weighted by molar-refractivity contribution is -0.124. The first-order valence-electron chi connectivity index (χ1n) is 6.46. The molecule has 3 N–H and O–H groups in total. The van der Waals surface area contributed by atoms with Crippen molar-refractivity contribution in [2.24, 2.45) is 5.73 Å². The molecule has 5 heteroatoms. The van der Waals surface area contributed by atoms with E-state index in [4.69, 9.17) is 5.73 Å². The molecule has 0 bridgehead atoms. The number of carbonyl (C=O) groups is 1. The fourth-order valence-electron chi connectivity index (χ4n) is 2.64. The zero-order valence-electron chi connectivity index (χ0n) is 10.9. The molecule has 0 radical (unpaired) electrons. The molecule has 3 nitrogen and oxygen atoms in total. The molecule has 2 rings (SSSR count). The van der Waals surface area contributed by atoms with Crippen LogP contribution in [0.5, 0.6) is 0 Å². The molecule has 1 saturated carbocycles. The van der Waals surface area contributed by atoms with Crippen molar-refractivity contribution in [2.75, 3.05) is 0 Å².